The third-order valence-corrected chi connectivity index (χ3v) is 4.93. The molecule has 1 atom stereocenters. The fourth-order valence-corrected chi connectivity index (χ4v) is 3.61. The molecule has 5 heteroatoms. The smallest absolute Gasteiger partial charge is 0.315 e. The zero-order valence-corrected chi connectivity index (χ0v) is 12.6. The number of nitrogens with one attached hydrogen (secondary N) is 2. The molecule has 3 rings (SSSR count). The number of hydrogen-bond acceptors (Lipinski definition) is 2. The van der Waals surface area contributed by atoms with Crippen LogP contribution in [0.1, 0.15) is 49.3 Å². The van der Waals surface area contributed by atoms with Gasteiger partial charge in [0.25, 0.3) is 0 Å². The minimum absolute atomic E-state index is 0.0237. The Morgan fingerprint density at radius 1 is 1.18 bits per heavy atom. The third kappa shape index (κ3) is 3.40. The van der Waals surface area contributed by atoms with Crippen molar-refractivity contribution in [2.45, 2.75) is 50.6 Å². The van der Waals surface area contributed by atoms with E-state index in [1.54, 1.807) is 12.1 Å². The van der Waals surface area contributed by atoms with Crippen LogP contribution in [-0.4, -0.2) is 23.8 Å². The van der Waals surface area contributed by atoms with Crippen LogP contribution in [0.25, 0.3) is 0 Å². The first-order valence-electron chi connectivity index (χ1n) is 8.12. The number of fused-ring (bicyclic) bond motifs is 1. The van der Waals surface area contributed by atoms with E-state index in [4.69, 9.17) is 5.11 Å². The largest absolute Gasteiger partial charge is 0.396 e. The van der Waals surface area contributed by atoms with Gasteiger partial charge in [-0.3, -0.25) is 0 Å². The summed E-state index contributed by atoms with van der Waals surface area (Å²) in [5.74, 6) is 0.169. The van der Waals surface area contributed by atoms with E-state index in [9.17, 15) is 9.18 Å². The molecule has 4 nitrogen and oxygen atoms in total. The van der Waals surface area contributed by atoms with Crippen LogP contribution in [0.15, 0.2) is 18.2 Å². The first kappa shape index (κ1) is 15.3. The Hall–Kier alpha value is -1.62. The van der Waals surface area contributed by atoms with Crippen LogP contribution < -0.4 is 10.6 Å². The van der Waals surface area contributed by atoms with Gasteiger partial charge in [0, 0.05) is 12.6 Å². The summed E-state index contributed by atoms with van der Waals surface area (Å²) in [6.07, 6.45) is 5.40. The molecule has 0 saturated heterocycles. The van der Waals surface area contributed by atoms with Crippen LogP contribution in [0.5, 0.6) is 0 Å². The quantitative estimate of drug-likeness (QED) is 0.804. The van der Waals surface area contributed by atoms with Gasteiger partial charge in [0.2, 0.25) is 0 Å². The average molecular weight is 306 g/mol. The first-order valence-corrected chi connectivity index (χ1v) is 8.12. The lowest BCUT2D eigenvalue weighted by atomic mass is 9.87. The number of aryl methyl sites for hydroxylation is 1. The SMILES string of the molecule is O=C(NC1CCC(CO)CC1)NC1CCc2cc(F)ccc21. The molecule has 2 aliphatic carbocycles. The Balaban J connectivity index is 1.51. The molecular formula is C17H23FN2O2. The molecule has 0 aromatic heterocycles. The van der Waals surface area contributed by atoms with Crippen LogP contribution in [0.3, 0.4) is 0 Å². The normalized spacial score (nSPS) is 27.3. The molecular weight excluding hydrogens is 283 g/mol. The molecule has 1 aromatic carbocycles. The van der Waals surface area contributed by atoms with Gasteiger partial charge in [-0.25, -0.2) is 9.18 Å². The van der Waals surface area contributed by atoms with E-state index in [0.29, 0.717) is 5.92 Å². The lowest BCUT2D eigenvalue weighted by Gasteiger charge is -2.28. The van der Waals surface area contributed by atoms with Crippen LogP contribution in [0, 0.1) is 11.7 Å². The van der Waals surface area contributed by atoms with Crippen molar-refractivity contribution in [2.75, 3.05) is 6.61 Å². The molecule has 1 fully saturated rings. The van der Waals surface area contributed by atoms with Crippen LogP contribution in [0.4, 0.5) is 9.18 Å². The fourth-order valence-electron chi connectivity index (χ4n) is 3.61. The number of aliphatic hydroxyl groups excluding tert-OH is 1. The summed E-state index contributed by atoms with van der Waals surface area (Å²) in [6, 6.07) is 4.81. The lowest BCUT2D eigenvalue weighted by Crippen LogP contribution is -2.44. The van der Waals surface area contributed by atoms with E-state index >= 15 is 0 Å². The van der Waals surface area contributed by atoms with E-state index in [-0.39, 0.29) is 30.5 Å². The van der Waals surface area contributed by atoms with Gasteiger partial charge in [0.15, 0.2) is 0 Å². The van der Waals surface area contributed by atoms with Gasteiger partial charge in [-0.2, -0.15) is 0 Å². The Labute approximate surface area is 130 Å². The highest BCUT2D eigenvalue weighted by Gasteiger charge is 2.26. The molecule has 3 N–H and O–H groups in total. The molecule has 0 bridgehead atoms. The molecule has 22 heavy (non-hydrogen) atoms. The third-order valence-electron chi connectivity index (χ3n) is 4.93. The number of halogens is 1. The molecule has 0 heterocycles. The lowest BCUT2D eigenvalue weighted by molar-refractivity contribution is 0.174. The summed E-state index contributed by atoms with van der Waals surface area (Å²) < 4.78 is 13.2. The summed E-state index contributed by atoms with van der Waals surface area (Å²) in [5.41, 5.74) is 2.02. The topological polar surface area (TPSA) is 61.4 Å². The van der Waals surface area contributed by atoms with Crippen molar-refractivity contribution in [3.8, 4) is 0 Å². The summed E-state index contributed by atoms with van der Waals surface area (Å²) >= 11 is 0. The maximum Gasteiger partial charge on any atom is 0.315 e. The first-order chi connectivity index (χ1) is 10.7. The van der Waals surface area contributed by atoms with Gasteiger partial charge < -0.3 is 15.7 Å². The van der Waals surface area contributed by atoms with Crippen molar-refractivity contribution in [3.05, 3.63) is 35.1 Å². The summed E-state index contributed by atoms with van der Waals surface area (Å²) in [4.78, 5) is 12.1. The molecule has 0 spiro atoms. The van der Waals surface area contributed by atoms with E-state index in [1.165, 1.54) is 6.07 Å². The second-order valence-electron chi connectivity index (χ2n) is 6.45. The van der Waals surface area contributed by atoms with Gasteiger partial charge >= 0.3 is 6.03 Å². The Morgan fingerprint density at radius 2 is 1.95 bits per heavy atom. The predicted molar refractivity (Wildman–Crippen MR) is 82.0 cm³/mol. The van der Waals surface area contributed by atoms with Crippen molar-refractivity contribution >= 4 is 6.03 Å². The zero-order valence-electron chi connectivity index (χ0n) is 12.6. The van der Waals surface area contributed by atoms with Crippen molar-refractivity contribution in [1.29, 1.82) is 0 Å². The number of hydrogen-bond donors (Lipinski definition) is 3. The number of urea groups is 1. The molecule has 2 aliphatic rings. The van der Waals surface area contributed by atoms with Crippen molar-refractivity contribution in [3.63, 3.8) is 0 Å². The second kappa shape index (κ2) is 6.65. The minimum atomic E-state index is -0.218. The molecule has 2 amide bonds. The number of carbonyl (C=O) groups is 1. The maximum absolute atomic E-state index is 13.2. The Morgan fingerprint density at radius 3 is 2.68 bits per heavy atom. The van der Waals surface area contributed by atoms with Crippen molar-refractivity contribution in [2.24, 2.45) is 5.92 Å². The minimum Gasteiger partial charge on any atom is -0.396 e. The van der Waals surface area contributed by atoms with Gasteiger partial charge in [-0.1, -0.05) is 6.07 Å². The number of benzene rings is 1. The Bertz CT molecular complexity index is 541. The molecule has 0 radical (unpaired) electrons. The number of carbonyl (C=O) groups excluding carboxylic acids is 1. The molecule has 1 saturated carbocycles. The molecule has 0 aliphatic heterocycles. The standard InChI is InChI=1S/C17H23FN2O2/c18-13-4-7-15-12(9-13)3-8-16(15)20-17(22)19-14-5-1-11(10-21)2-6-14/h4,7,9,11,14,16,21H,1-3,5-6,8,10H2,(H2,19,20,22). The van der Waals surface area contributed by atoms with E-state index in [0.717, 1.165) is 49.7 Å². The van der Waals surface area contributed by atoms with Gasteiger partial charge in [-0.15, -0.1) is 0 Å². The number of aliphatic hydroxyl groups is 1. The zero-order chi connectivity index (χ0) is 15.5. The van der Waals surface area contributed by atoms with E-state index in [2.05, 4.69) is 10.6 Å². The fraction of sp³-hybridized carbons (Fsp3) is 0.588. The monoisotopic (exact) mass is 306 g/mol. The highest BCUT2D eigenvalue weighted by Crippen LogP contribution is 2.31. The highest BCUT2D eigenvalue weighted by molar-refractivity contribution is 5.75. The summed E-state index contributed by atoms with van der Waals surface area (Å²) in [5, 5.41) is 15.2. The molecule has 120 valence electrons. The summed E-state index contributed by atoms with van der Waals surface area (Å²) in [7, 11) is 0. The maximum atomic E-state index is 13.2. The number of amides is 2. The van der Waals surface area contributed by atoms with E-state index < -0.39 is 0 Å². The second-order valence-corrected chi connectivity index (χ2v) is 6.45. The average Bonchev–Trinajstić information content (AvgIpc) is 2.90. The Kier molecular flexibility index (Phi) is 4.62. The van der Waals surface area contributed by atoms with Crippen molar-refractivity contribution < 1.29 is 14.3 Å². The van der Waals surface area contributed by atoms with Crippen LogP contribution in [0.2, 0.25) is 0 Å². The van der Waals surface area contributed by atoms with Gasteiger partial charge in [-0.05, 0) is 67.7 Å². The number of rotatable bonds is 3. The molecule has 1 unspecified atom stereocenters. The molecule has 1 aromatic rings. The van der Waals surface area contributed by atoms with Crippen LogP contribution >= 0.6 is 0 Å². The summed E-state index contributed by atoms with van der Waals surface area (Å²) in [6.45, 7) is 0.244. The van der Waals surface area contributed by atoms with Crippen molar-refractivity contribution in [1.82, 2.24) is 10.6 Å². The van der Waals surface area contributed by atoms with Crippen LogP contribution in [-0.2, 0) is 6.42 Å². The van der Waals surface area contributed by atoms with E-state index in [1.807, 2.05) is 0 Å². The highest BCUT2D eigenvalue weighted by atomic mass is 19.1. The predicted octanol–water partition coefficient (Wildman–Crippen LogP) is 2.66. The van der Waals surface area contributed by atoms with Gasteiger partial charge in [0.1, 0.15) is 5.82 Å². The van der Waals surface area contributed by atoms with Gasteiger partial charge in [0.05, 0.1) is 6.04 Å².